The van der Waals surface area contributed by atoms with Crippen molar-refractivity contribution < 1.29 is 14.3 Å². The largest absolute Gasteiger partial charge is 0.491 e. The minimum absolute atomic E-state index is 0.0601. The quantitative estimate of drug-likeness (QED) is 0.500. The number of anilines is 1. The zero-order valence-corrected chi connectivity index (χ0v) is 21.7. The van der Waals surface area contributed by atoms with Crippen LogP contribution in [-0.4, -0.2) is 35.5 Å². The lowest BCUT2D eigenvalue weighted by molar-refractivity contribution is -0.132. The van der Waals surface area contributed by atoms with Crippen LogP contribution < -0.4 is 16.4 Å². The Labute approximate surface area is 214 Å². The van der Waals surface area contributed by atoms with Crippen LogP contribution in [0.3, 0.4) is 0 Å². The molecular weight excluding hydrogens is 452 g/mol. The molecule has 2 heterocycles. The van der Waals surface area contributed by atoms with Crippen molar-refractivity contribution in [3.8, 4) is 0 Å². The number of allylic oxidation sites excluding steroid dienone is 2. The van der Waals surface area contributed by atoms with Crippen LogP contribution >= 0.6 is 0 Å². The van der Waals surface area contributed by atoms with E-state index in [0.29, 0.717) is 24.4 Å². The summed E-state index contributed by atoms with van der Waals surface area (Å²) < 4.78 is 5.72. The Morgan fingerprint density at radius 3 is 2.75 bits per heavy atom. The van der Waals surface area contributed by atoms with Crippen molar-refractivity contribution >= 4 is 17.5 Å². The van der Waals surface area contributed by atoms with E-state index >= 15 is 0 Å². The van der Waals surface area contributed by atoms with Gasteiger partial charge in [0.15, 0.2) is 0 Å². The van der Waals surface area contributed by atoms with Crippen LogP contribution in [0.15, 0.2) is 60.7 Å². The lowest BCUT2D eigenvalue weighted by atomic mass is 9.54. The van der Waals surface area contributed by atoms with Crippen molar-refractivity contribution in [3.63, 3.8) is 0 Å². The van der Waals surface area contributed by atoms with Crippen LogP contribution in [-0.2, 0) is 14.3 Å². The molecule has 2 amide bonds. The van der Waals surface area contributed by atoms with Crippen molar-refractivity contribution in [2.75, 3.05) is 11.9 Å². The molecule has 7 nitrogen and oxygen atoms in total. The SMILES string of the molecule is C=CC1=C(/C=C\C)OCC1NC(=O)CC(N)C1C(C)CC2CC1CC(C)(C(=O)Nc1ccncc1)C2. The van der Waals surface area contributed by atoms with E-state index < -0.39 is 5.41 Å². The number of fused-ring (bicyclic) bond motifs is 2. The Balaban J connectivity index is 1.40. The smallest absolute Gasteiger partial charge is 0.230 e. The first-order valence-corrected chi connectivity index (χ1v) is 13.1. The highest BCUT2D eigenvalue weighted by molar-refractivity contribution is 5.95. The number of hydrogen-bond acceptors (Lipinski definition) is 5. The van der Waals surface area contributed by atoms with Gasteiger partial charge < -0.3 is 21.1 Å². The molecule has 2 bridgehead atoms. The molecule has 194 valence electrons. The lowest BCUT2D eigenvalue weighted by Crippen LogP contribution is -2.52. The summed E-state index contributed by atoms with van der Waals surface area (Å²) in [5.74, 6) is 2.19. The van der Waals surface area contributed by atoms with Gasteiger partial charge in [-0.3, -0.25) is 14.6 Å². The minimum atomic E-state index is -0.453. The Morgan fingerprint density at radius 1 is 1.31 bits per heavy atom. The maximum atomic E-state index is 13.3. The number of hydrogen-bond donors (Lipinski definition) is 3. The second-order valence-corrected chi connectivity index (χ2v) is 11.1. The van der Waals surface area contributed by atoms with Gasteiger partial charge in [-0.2, -0.15) is 0 Å². The summed E-state index contributed by atoms with van der Waals surface area (Å²) in [4.78, 5) is 30.4. The fourth-order valence-corrected chi connectivity index (χ4v) is 6.97. The highest BCUT2D eigenvalue weighted by atomic mass is 16.5. The van der Waals surface area contributed by atoms with Crippen molar-refractivity contribution in [2.45, 2.75) is 65.0 Å². The predicted molar refractivity (Wildman–Crippen MR) is 142 cm³/mol. The van der Waals surface area contributed by atoms with E-state index in [1.54, 1.807) is 18.5 Å². The molecule has 1 aromatic heterocycles. The third kappa shape index (κ3) is 5.56. The standard InChI is InChI=1S/C29H40N4O3/c1-5-7-25-22(6-2)24(17-36-25)33-26(34)14-23(30)27-18(3)12-19-13-20(27)16-29(4,15-19)28(35)32-21-8-10-31-11-9-21/h5-11,18-20,23-24,27H,2,12-17,30H2,1,3-4H3,(H,33,34)(H,31,32,35)/b7-5-. The summed E-state index contributed by atoms with van der Waals surface area (Å²) in [5.41, 5.74) is 7.95. The normalized spacial score (nSPS) is 32.6. The molecule has 4 rings (SSSR count). The van der Waals surface area contributed by atoms with E-state index in [1.807, 2.05) is 31.2 Å². The topological polar surface area (TPSA) is 106 Å². The molecule has 0 saturated heterocycles. The van der Waals surface area contributed by atoms with Crippen LogP contribution in [0.2, 0.25) is 0 Å². The second kappa shape index (κ2) is 11.0. The van der Waals surface area contributed by atoms with Gasteiger partial charge in [-0.1, -0.05) is 32.6 Å². The Bertz CT molecular complexity index is 1030. The fourth-order valence-electron chi connectivity index (χ4n) is 6.97. The van der Waals surface area contributed by atoms with Gasteiger partial charge in [0.2, 0.25) is 11.8 Å². The number of carbonyl (C=O) groups is 2. The van der Waals surface area contributed by atoms with Crippen molar-refractivity contribution in [1.29, 1.82) is 0 Å². The number of rotatable bonds is 8. The molecule has 0 spiro atoms. The summed E-state index contributed by atoms with van der Waals surface area (Å²) in [6, 6.07) is 3.16. The summed E-state index contributed by atoms with van der Waals surface area (Å²) in [5, 5.41) is 6.18. The van der Waals surface area contributed by atoms with E-state index in [9.17, 15) is 9.59 Å². The zero-order chi connectivity index (χ0) is 25.9. The van der Waals surface area contributed by atoms with Gasteiger partial charge in [-0.25, -0.2) is 0 Å². The number of pyridine rings is 1. The zero-order valence-electron chi connectivity index (χ0n) is 21.7. The Morgan fingerprint density at radius 2 is 2.06 bits per heavy atom. The molecule has 2 aliphatic carbocycles. The molecule has 36 heavy (non-hydrogen) atoms. The van der Waals surface area contributed by atoms with E-state index in [4.69, 9.17) is 10.5 Å². The van der Waals surface area contributed by atoms with Crippen molar-refractivity contribution in [3.05, 3.63) is 60.7 Å². The van der Waals surface area contributed by atoms with Crippen LogP contribution in [0.25, 0.3) is 0 Å². The van der Waals surface area contributed by atoms with Gasteiger partial charge in [0.1, 0.15) is 12.4 Å². The van der Waals surface area contributed by atoms with E-state index in [1.165, 1.54) is 0 Å². The average Bonchev–Trinajstić information content (AvgIpc) is 3.20. The molecule has 7 heteroatoms. The van der Waals surface area contributed by atoms with Crippen molar-refractivity contribution in [2.24, 2.45) is 34.8 Å². The first-order valence-electron chi connectivity index (χ1n) is 13.1. The van der Waals surface area contributed by atoms with Gasteiger partial charge in [0.25, 0.3) is 0 Å². The molecular formula is C29H40N4O3. The number of nitrogens with one attached hydrogen (secondary N) is 2. The molecule has 0 aromatic carbocycles. The molecule has 7 atom stereocenters. The van der Waals surface area contributed by atoms with Gasteiger partial charge in [0.05, 0.1) is 6.04 Å². The molecule has 3 aliphatic rings. The maximum Gasteiger partial charge on any atom is 0.230 e. The summed E-state index contributed by atoms with van der Waals surface area (Å²) in [6.45, 7) is 10.6. The van der Waals surface area contributed by atoms with Crippen LogP contribution in [0.4, 0.5) is 5.69 Å². The molecule has 2 saturated carbocycles. The third-order valence-corrected chi connectivity index (χ3v) is 8.33. The molecule has 2 fully saturated rings. The second-order valence-electron chi connectivity index (χ2n) is 11.1. The highest BCUT2D eigenvalue weighted by Crippen LogP contribution is 2.53. The highest BCUT2D eigenvalue weighted by Gasteiger charge is 2.50. The number of amides is 2. The fraction of sp³-hybridized carbons (Fsp3) is 0.552. The monoisotopic (exact) mass is 492 g/mol. The Kier molecular flexibility index (Phi) is 7.98. The van der Waals surface area contributed by atoms with Crippen LogP contribution in [0.5, 0.6) is 0 Å². The Hall–Kier alpha value is -2.93. The van der Waals surface area contributed by atoms with Crippen molar-refractivity contribution in [1.82, 2.24) is 10.3 Å². The summed E-state index contributed by atoms with van der Waals surface area (Å²) >= 11 is 0. The van der Waals surface area contributed by atoms with Crippen LogP contribution in [0, 0.1) is 29.1 Å². The first-order chi connectivity index (χ1) is 17.2. The third-order valence-electron chi connectivity index (χ3n) is 8.33. The van der Waals surface area contributed by atoms with Crippen LogP contribution in [0.1, 0.15) is 52.9 Å². The summed E-state index contributed by atoms with van der Waals surface area (Å²) in [7, 11) is 0. The number of ether oxygens (including phenoxy) is 1. The molecule has 4 N–H and O–H groups in total. The molecule has 1 aliphatic heterocycles. The average molecular weight is 493 g/mol. The number of nitrogens with two attached hydrogens (primary N) is 1. The molecule has 1 aromatic rings. The number of nitrogens with zero attached hydrogens (tertiary/aromatic N) is 1. The molecule has 0 radical (unpaired) electrons. The molecule has 7 unspecified atom stereocenters. The van der Waals surface area contributed by atoms with E-state index in [2.05, 4.69) is 36.0 Å². The predicted octanol–water partition coefficient (Wildman–Crippen LogP) is 4.35. The van der Waals surface area contributed by atoms with Gasteiger partial charge >= 0.3 is 0 Å². The number of carbonyl (C=O) groups excluding carboxylic acids is 2. The van der Waals surface area contributed by atoms with Gasteiger partial charge in [-0.15, -0.1) is 0 Å². The number of aromatic nitrogens is 1. The van der Waals surface area contributed by atoms with E-state index in [-0.39, 0.29) is 36.2 Å². The maximum absolute atomic E-state index is 13.3. The minimum Gasteiger partial charge on any atom is -0.491 e. The van der Waals surface area contributed by atoms with Gasteiger partial charge in [0, 0.05) is 41.5 Å². The van der Waals surface area contributed by atoms with E-state index in [0.717, 1.165) is 42.7 Å². The first kappa shape index (κ1) is 26.1. The lowest BCUT2D eigenvalue weighted by Gasteiger charge is -2.51. The van der Waals surface area contributed by atoms with Gasteiger partial charge in [-0.05, 0) is 74.5 Å². The summed E-state index contributed by atoms with van der Waals surface area (Å²) in [6.07, 6.45) is 13.0.